The normalized spacial score (nSPS) is 11.9. The van der Waals surface area contributed by atoms with Gasteiger partial charge in [0.25, 0.3) is 0 Å². The third-order valence-corrected chi connectivity index (χ3v) is 3.62. The first kappa shape index (κ1) is 16.6. The molecule has 0 amide bonds. The minimum Gasteiger partial charge on any atom is -0.480 e. The maximum Gasteiger partial charge on any atom is 0.325 e. The lowest BCUT2D eigenvalue weighted by atomic mass is 10.2. The minimum atomic E-state index is -3.68. The fraction of sp³-hybridized carbons (Fsp3) is 0.636. The average molecular weight is 305 g/mol. The molecule has 114 valence electrons. The molecule has 1 rings (SSSR count). The molecule has 0 saturated heterocycles. The van der Waals surface area contributed by atoms with E-state index < -0.39 is 16.0 Å². The van der Waals surface area contributed by atoms with Crippen molar-refractivity contribution in [2.45, 2.75) is 25.3 Å². The Morgan fingerprint density at radius 1 is 1.55 bits per heavy atom. The SMILES string of the molecule is CC(C)COCCNS(=O)(=O)c1cnn(CC(=O)O)c1. The Hall–Kier alpha value is -1.45. The van der Waals surface area contributed by atoms with Gasteiger partial charge < -0.3 is 9.84 Å². The molecule has 0 fully saturated rings. The smallest absolute Gasteiger partial charge is 0.325 e. The number of ether oxygens (including phenoxy) is 1. The van der Waals surface area contributed by atoms with Crippen LogP contribution in [0.2, 0.25) is 0 Å². The number of sulfonamides is 1. The highest BCUT2D eigenvalue weighted by atomic mass is 32.2. The molecule has 8 nitrogen and oxygen atoms in total. The largest absolute Gasteiger partial charge is 0.480 e. The molecule has 0 radical (unpaired) electrons. The van der Waals surface area contributed by atoms with Crippen LogP contribution in [-0.4, -0.2) is 49.0 Å². The molecule has 1 aromatic rings. The van der Waals surface area contributed by atoms with E-state index in [9.17, 15) is 13.2 Å². The van der Waals surface area contributed by atoms with Gasteiger partial charge in [-0.2, -0.15) is 5.10 Å². The van der Waals surface area contributed by atoms with E-state index in [1.54, 1.807) is 0 Å². The predicted molar refractivity (Wildman–Crippen MR) is 70.7 cm³/mol. The third kappa shape index (κ3) is 5.68. The van der Waals surface area contributed by atoms with E-state index in [-0.39, 0.29) is 24.6 Å². The van der Waals surface area contributed by atoms with Gasteiger partial charge in [-0.25, -0.2) is 13.1 Å². The maximum atomic E-state index is 11.9. The van der Waals surface area contributed by atoms with Crippen molar-refractivity contribution in [3.05, 3.63) is 12.4 Å². The molecule has 1 aromatic heterocycles. The van der Waals surface area contributed by atoms with Crippen molar-refractivity contribution in [3.63, 3.8) is 0 Å². The molecule has 0 aliphatic rings. The highest BCUT2D eigenvalue weighted by Crippen LogP contribution is 2.06. The van der Waals surface area contributed by atoms with Crippen LogP contribution in [0.1, 0.15) is 13.8 Å². The second-order valence-electron chi connectivity index (χ2n) is 4.63. The number of rotatable bonds is 9. The average Bonchev–Trinajstić information content (AvgIpc) is 2.76. The van der Waals surface area contributed by atoms with Crippen LogP contribution in [0.4, 0.5) is 0 Å². The maximum absolute atomic E-state index is 11.9. The molecule has 0 spiro atoms. The van der Waals surface area contributed by atoms with Gasteiger partial charge in [0.05, 0.1) is 12.8 Å². The van der Waals surface area contributed by atoms with Crippen molar-refractivity contribution in [1.82, 2.24) is 14.5 Å². The van der Waals surface area contributed by atoms with Crippen molar-refractivity contribution in [2.24, 2.45) is 5.92 Å². The van der Waals surface area contributed by atoms with Gasteiger partial charge in [0.1, 0.15) is 11.4 Å². The van der Waals surface area contributed by atoms with Crippen LogP contribution >= 0.6 is 0 Å². The Morgan fingerprint density at radius 2 is 2.25 bits per heavy atom. The number of aliphatic carboxylic acids is 1. The summed E-state index contributed by atoms with van der Waals surface area (Å²) in [5.74, 6) is -0.701. The summed E-state index contributed by atoms with van der Waals surface area (Å²) in [6, 6.07) is 0. The van der Waals surface area contributed by atoms with Crippen molar-refractivity contribution < 1.29 is 23.1 Å². The molecule has 9 heteroatoms. The van der Waals surface area contributed by atoms with E-state index in [0.717, 1.165) is 10.9 Å². The predicted octanol–water partition coefficient (Wildman–Crippen LogP) is -0.0814. The fourth-order valence-corrected chi connectivity index (χ4v) is 2.32. The van der Waals surface area contributed by atoms with Crippen molar-refractivity contribution in [1.29, 1.82) is 0 Å². The Balaban J connectivity index is 2.47. The number of carboxylic acid groups (broad SMARTS) is 1. The zero-order valence-corrected chi connectivity index (χ0v) is 12.3. The van der Waals surface area contributed by atoms with Gasteiger partial charge in [0.2, 0.25) is 10.0 Å². The van der Waals surface area contributed by atoms with Crippen LogP contribution in [0.3, 0.4) is 0 Å². The minimum absolute atomic E-state index is 0.0670. The van der Waals surface area contributed by atoms with Crippen LogP contribution < -0.4 is 4.72 Å². The summed E-state index contributed by atoms with van der Waals surface area (Å²) in [7, 11) is -3.68. The van der Waals surface area contributed by atoms with E-state index in [1.807, 2.05) is 13.8 Å². The lowest BCUT2D eigenvalue weighted by Gasteiger charge is -2.07. The number of nitrogens with one attached hydrogen (secondary N) is 1. The number of hydrogen-bond donors (Lipinski definition) is 2. The first-order valence-electron chi connectivity index (χ1n) is 6.13. The second kappa shape index (κ2) is 7.36. The van der Waals surface area contributed by atoms with E-state index in [1.165, 1.54) is 6.20 Å². The summed E-state index contributed by atoms with van der Waals surface area (Å²) in [6.45, 7) is 4.62. The molecule has 0 aliphatic carbocycles. The molecule has 1 heterocycles. The third-order valence-electron chi connectivity index (χ3n) is 2.21. The monoisotopic (exact) mass is 305 g/mol. The lowest BCUT2D eigenvalue weighted by molar-refractivity contribution is -0.137. The summed E-state index contributed by atoms with van der Waals surface area (Å²) in [4.78, 5) is 10.4. The van der Waals surface area contributed by atoms with Gasteiger partial charge in [-0.15, -0.1) is 0 Å². The standard InChI is InChI=1S/C11H19N3O5S/c1-9(2)8-19-4-3-13-20(17,18)10-5-12-14(6-10)7-11(15)16/h5-6,9,13H,3-4,7-8H2,1-2H3,(H,15,16). The van der Waals surface area contributed by atoms with Crippen molar-refractivity contribution in [3.8, 4) is 0 Å². The van der Waals surface area contributed by atoms with Crippen LogP contribution in [0.25, 0.3) is 0 Å². The Kier molecular flexibility index (Phi) is 6.11. The van der Waals surface area contributed by atoms with Gasteiger partial charge >= 0.3 is 5.97 Å². The van der Waals surface area contributed by atoms with Gasteiger partial charge in [0, 0.05) is 19.3 Å². The van der Waals surface area contributed by atoms with Gasteiger partial charge in [0.15, 0.2) is 0 Å². The quantitative estimate of drug-likeness (QED) is 0.617. The van der Waals surface area contributed by atoms with E-state index in [0.29, 0.717) is 12.5 Å². The molecule has 0 aromatic carbocycles. The molecule has 0 aliphatic heterocycles. The highest BCUT2D eigenvalue weighted by molar-refractivity contribution is 7.89. The number of nitrogens with zero attached hydrogens (tertiary/aromatic N) is 2. The first-order chi connectivity index (χ1) is 9.31. The number of carboxylic acids is 1. The summed E-state index contributed by atoms with van der Waals surface area (Å²) >= 11 is 0. The summed E-state index contributed by atoms with van der Waals surface area (Å²) < 4.78 is 32.4. The topological polar surface area (TPSA) is 111 Å². The summed E-state index contributed by atoms with van der Waals surface area (Å²) in [5.41, 5.74) is 0. The molecule has 2 N–H and O–H groups in total. The second-order valence-corrected chi connectivity index (χ2v) is 6.40. The molecule has 0 unspecified atom stereocenters. The van der Waals surface area contributed by atoms with Gasteiger partial charge in [-0.1, -0.05) is 13.8 Å². The number of carbonyl (C=O) groups is 1. The summed E-state index contributed by atoms with van der Waals surface area (Å²) in [5, 5.41) is 12.3. The number of aromatic nitrogens is 2. The fourth-order valence-electron chi connectivity index (χ4n) is 1.36. The van der Waals surface area contributed by atoms with Gasteiger partial charge in [-0.3, -0.25) is 9.48 Å². The van der Waals surface area contributed by atoms with Crippen LogP contribution in [0, 0.1) is 5.92 Å². The Morgan fingerprint density at radius 3 is 2.85 bits per heavy atom. The van der Waals surface area contributed by atoms with E-state index >= 15 is 0 Å². The molecule has 20 heavy (non-hydrogen) atoms. The van der Waals surface area contributed by atoms with Crippen LogP contribution in [0.5, 0.6) is 0 Å². The number of hydrogen-bond acceptors (Lipinski definition) is 5. The summed E-state index contributed by atoms with van der Waals surface area (Å²) in [6.07, 6.45) is 2.28. The van der Waals surface area contributed by atoms with E-state index in [2.05, 4.69) is 9.82 Å². The molecule has 0 atom stereocenters. The van der Waals surface area contributed by atoms with Gasteiger partial charge in [-0.05, 0) is 5.92 Å². The van der Waals surface area contributed by atoms with Crippen molar-refractivity contribution >= 4 is 16.0 Å². The Bertz CT molecular complexity index is 538. The van der Waals surface area contributed by atoms with Crippen LogP contribution in [0.15, 0.2) is 17.3 Å². The first-order valence-corrected chi connectivity index (χ1v) is 7.61. The molecule has 0 bridgehead atoms. The lowest BCUT2D eigenvalue weighted by Crippen LogP contribution is -2.27. The molecular formula is C11H19N3O5S. The zero-order chi connectivity index (χ0) is 15.2. The Labute approximate surface area is 117 Å². The van der Waals surface area contributed by atoms with Crippen LogP contribution in [-0.2, 0) is 26.1 Å². The van der Waals surface area contributed by atoms with Crippen molar-refractivity contribution in [2.75, 3.05) is 19.8 Å². The molecular weight excluding hydrogens is 286 g/mol. The highest BCUT2D eigenvalue weighted by Gasteiger charge is 2.16. The zero-order valence-electron chi connectivity index (χ0n) is 11.4. The van der Waals surface area contributed by atoms with E-state index in [4.69, 9.17) is 9.84 Å². The molecule has 0 saturated carbocycles.